The molecule has 1 N–H and O–H groups in total. The van der Waals surface area contributed by atoms with E-state index in [4.69, 9.17) is 14.2 Å². The average molecular weight is 407 g/mol. The van der Waals surface area contributed by atoms with Crippen molar-refractivity contribution in [1.29, 1.82) is 0 Å². The van der Waals surface area contributed by atoms with Gasteiger partial charge in [-0.05, 0) is 32.3 Å². The quantitative estimate of drug-likeness (QED) is 0.287. The van der Waals surface area contributed by atoms with E-state index in [1.807, 2.05) is 13.0 Å². The van der Waals surface area contributed by atoms with Crippen molar-refractivity contribution in [2.45, 2.75) is 96.2 Å². The maximum Gasteiger partial charge on any atom is 0.342 e. The third kappa shape index (κ3) is 7.54. The topological polar surface area (TPSA) is 65.0 Å². The number of carbonyl (C=O) groups excluding carboxylic acids is 1. The first-order valence-corrected chi connectivity index (χ1v) is 11.2. The molecule has 29 heavy (non-hydrogen) atoms. The Morgan fingerprint density at radius 2 is 1.52 bits per heavy atom. The maximum absolute atomic E-state index is 12.2. The molecular weight excluding hydrogens is 368 g/mol. The van der Waals surface area contributed by atoms with E-state index in [1.54, 1.807) is 20.3 Å². The highest BCUT2D eigenvalue weighted by molar-refractivity contribution is 5.97. The molecule has 1 aliphatic rings. The molecule has 1 heterocycles. The van der Waals surface area contributed by atoms with Crippen molar-refractivity contribution >= 4 is 5.97 Å². The third-order valence-corrected chi connectivity index (χ3v) is 5.70. The Hall–Kier alpha value is -1.75. The van der Waals surface area contributed by atoms with Crippen molar-refractivity contribution in [2.24, 2.45) is 0 Å². The molecule has 1 aliphatic heterocycles. The van der Waals surface area contributed by atoms with Gasteiger partial charge in [0.15, 0.2) is 0 Å². The molecule has 5 nitrogen and oxygen atoms in total. The summed E-state index contributed by atoms with van der Waals surface area (Å²) in [6.45, 7) is 1.86. The van der Waals surface area contributed by atoms with E-state index in [9.17, 15) is 9.90 Å². The van der Waals surface area contributed by atoms with Crippen molar-refractivity contribution in [3.63, 3.8) is 0 Å². The predicted octanol–water partition coefficient (Wildman–Crippen LogP) is 5.98. The Balaban J connectivity index is 1.60. The van der Waals surface area contributed by atoms with Crippen molar-refractivity contribution in [1.82, 2.24) is 0 Å². The summed E-state index contributed by atoms with van der Waals surface area (Å²) in [7, 11) is 3.18. The lowest BCUT2D eigenvalue weighted by Gasteiger charge is -2.12. The molecule has 2 atom stereocenters. The van der Waals surface area contributed by atoms with Gasteiger partial charge < -0.3 is 19.3 Å². The van der Waals surface area contributed by atoms with Crippen LogP contribution in [-0.2, 0) is 4.74 Å². The zero-order chi connectivity index (χ0) is 21.1. The minimum Gasteiger partial charge on any atom is -0.497 e. The summed E-state index contributed by atoms with van der Waals surface area (Å²) in [6, 6.07) is 3.63. The van der Waals surface area contributed by atoms with Crippen LogP contribution >= 0.6 is 0 Å². The summed E-state index contributed by atoms with van der Waals surface area (Å²) < 4.78 is 16.3. The third-order valence-electron chi connectivity index (χ3n) is 5.70. The molecule has 0 aliphatic carbocycles. The fourth-order valence-electron chi connectivity index (χ4n) is 4.01. The standard InChI is InChI=1S/C24H38O5/c1-18(25)14-12-10-8-6-4-5-7-9-11-13-15-21-20-16-19(27-2)17-22(28-3)23(20)24(26)29-21/h16-18,21,25H,4-15H2,1-3H3/t18-,21-/m0/s1. The zero-order valence-electron chi connectivity index (χ0n) is 18.4. The van der Waals surface area contributed by atoms with Crippen LogP contribution in [0.25, 0.3) is 0 Å². The molecule has 0 fully saturated rings. The minimum absolute atomic E-state index is 0.153. The Morgan fingerprint density at radius 3 is 2.07 bits per heavy atom. The SMILES string of the molecule is COc1cc(OC)c2c(c1)[C@H](CCCCCCCCCCCC[C@H](C)O)OC2=O. The van der Waals surface area contributed by atoms with Crippen molar-refractivity contribution in [3.8, 4) is 11.5 Å². The molecule has 5 heteroatoms. The number of carbonyl (C=O) groups is 1. The largest absolute Gasteiger partial charge is 0.497 e. The second-order valence-electron chi connectivity index (χ2n) is 8.15. The van der Waals surface area contributed by atoms with Crippen LogP contribution in [0.2, 0.25) is 0 Å². The highest BCUT2D eigenvalue weighted by Gasteiger charge is 2.34. The number of aliphatic hydroxyl groups is 1. The van der Waals surface area contributed by atoms with Gasteiger partial charge in [-0.2, -0.15) is 0 Å². The number of aliphatic hydroxyl groups excluding tert-OH is 1. The molecular formula is C24H38O5. The fourth-order valence-corrected chi connectivity index (χ4v) is 4.01. The number of hydrogen-bond donors (Lipinski definition) is 1. The van der Waals surface area contributed by atoms with Crippen LogP contribution in [0.5, 0.6) is 11.5 Å². The normalized spacial score (nSPS) is 16.4. The van der Waals surface area contributed by atoms with Gasteiger partial charge in [0, 0.05) is 11.6 Å². The molecule has 0 amide bonds. The monoisotopic (exact) mass is 406 g/mol. The average Bonchev–Trinajstić information content (AvgIpc) is 3.03. The van der Waals surface area contributed by atoms with Gasteiger partial charge in [-0.15, -0.1) is 0 Å². The number of methoxy groups -OCH3 is 2. The molecule has 0 saturated heterocycles. The Morgan fingerprint density at radius 1 is 0.931 bits per heavy atom. The molecule has 1 aromatic rings. The number of unbranched alkanes of at least 4 members (excludes halogenated alkanes) is 9. The number of esters is 1. The van der Waals surface area contributed by atoms with E-state index in [0.717, 1.165) is 31.2 Å². The number of rotatable bonds is 15. The van der Waals surface area contributed by atoms with Crippen LogP contribution in [-0.4, -0.2) is 31.4 Å². The molecule has 2 rings (SSSR count). The molecule has 0 saturated carbocycles. The maximum atomic E-state index is 12.2. The lowest BCUT2D eigenvalue weighted by atomic mass is 9.98. The molecule has 1 aromatic carbocycles. The summed E-state index contributed by atoms with van der Waals surface area (Å²) in [5.74, 6) is 0.922. The number of fused-ring (bicyclic) bond motifs is 1. The van der Waals surface area contributed by atoms with Gasteiger partial charge in [-0.25, -0.2) is 4.79 Å². The van der Waals surface area contributed by atoms with E-state index >= 15 is 0 Å². The van der Waals surface area contributed by atoms with E-state index < -0.39 is 0 Å². The Kier molecular flexibility index (Phi) is 10.3. The van der Waals surface area contributed by atoms with Gasteiger partial charge in [0.2, 0.25) is 0 Å². The van der Waals surface area contributed by atoms with Gasteiger partial charge in [0.05, 0.1) is 20.3 Å². The van der Waals surface area contributed by atoms with Gasteiger partial charge in [-0.3, -0.25) is 0 Å². The molecule has 164 valence electrons. The first kappa shape index (κ1) is 23.5. The summed E-state index contributed by atoms with van der Waals surface area (Å²) >= 11 is 0. The van der Waals surface area contributed by atoms with Gasteiger partial charge in [0.1, 0.15) is 23.2 Å². The van der Waals surface area contributed by atoms with E-state index in [0.29, 0.717) is 17.1 Å². The number of benzene rings is 1. The van der Waals surface area contributed by atoms with Crippen LogP contribution in [0.3, 0.4) is 0 Å². The molecule has 0 radical (unpaired) electrons. The predicted molar refractivity (Wildman–Crippen MR) is 115 cm³/mol. The van der Waals surface area contributed by atoms with E-state index in [2.05, 4.69) is 0 Å². The van der Waals surface area contributed by atoms with E-state index in [-0.39, 0.29) is 18.2 Å². The molecule has 0 bridgehead atoms. The lowest BCUT2D eigenvalue weighted by Crippen LogP contribution is -1.99. The summed E-state index contributed by atoms with van der Waals surface area (Å²) in [5, 5.41) is 9.24. The summed E-state index contributed by atoms with van der Waals surface area (Å²) in [4.78, 5) is 12.2. The van der Waals surface area contributed by atoms with E-state index in [1.165, 1.54) is 51.4 Å². The summed E-state index contributed by atoms with van der Waals surface area (Å²) in [6.07, 6.45) is 13.7. The first-order chi connectivity index (χ1) is 14.1. The highest BCUT2D eigenvalue weighted by Crippen LogP contribution is 2.41. The molecule has 0 unspecified atom stereocenters. The first-order valence-electron chi connectivity index (χ1n) is 11.2. The fraction of sp³-hybridized carbons (Fsp3) is 0.708. The lowest BCUT2D eigenvalue weighted by molar-refractivity contribution is 0.0361. The second kappa shape index (κ2) is 12.7. The number of ether oxygens (including phenoxy) is 3. The van der Waals surface area contributed by atoms with Gasteiger partial charge in [-0.1, -0.05) is 57.8 Å². The van der Waals surface area contributed by atoms with Crippen molar-refractivity contribution < 1.29 is 24.1 Å². The van der Waals surface area contributed by atoms with Gasteiger partial charge in [0.25, 0.3) is 0 Å². The highest BCUT2D eigenvalue weighted by atomic mass is 16.6. The summed E-state index contributed by atoms with van der Waals surface area (Å²) in [5.41, 5.74) is 1.44. The Labute approximate surface area is 175 Å². The Bertz CT molecular complexity index is 626. The smallest absolute Gasteiger partial charge is 0.342 e. The molecule has 0 aromatic heterocycles. The van der Waals surface area contributed by atoms with Crippen molar-refractivity contribution in [3.05, 3.63) is 23.3 Å². The van der Waals surface area contributed by atoms with Gasteiger partial charge >= 0.3 is 5.97 Å². The van der Waals surface area contributed by atoms with Crippen LogP contribution in [0, 0.1) is 0 Å². The van der Waals surface area contributed by atoms with Crippen LogP contribution in [0.1, 0.15) is 106 Å². The van der Waals surface area contributed by atoms with Crippen LogP contribution in [0.4, 0.5) is 0 Å². The second-order valence-corrected chi connectivity index (χ2v) is 8.15. The minimum atomic E-state index is -0.294. The molecule has 0 spiro atoms. The van der Waals surface area contributed by atoms with Crippen LogP contribution < -0.4 is 9.47 Å². The van der Waals surface area contributed by atoms with Crippen LogP contribution in [0.15, 0.2) is 12.1 Å². The number of cyclic esters (lactones) is 1. The zero-order valence-corrected chi connectivity index (χ0v) is 18.4. The number of hydrogen-bond acceptors (Lipinski definition) is 5. The van der Waals surface area contributed by atoms with Crippen molar-refractivity contribution in [2.75, 3.05) is 14.2 Å².